The van der Waals surface area contributed by atoms with Crippen LogP contribution in [0.4, 0.5) is 10.1 Å². The van der Waals surface area contributed by atoms with Crippen molar-refractivity contribution in [1.29, 1.82) is 5.26 Å². The first-order valence-electron chi connectivity index (χ1n) is 3.93. The number of carbonyl (C=O) groups excluding carboxylic acids is 1. The van der Waals surface area contributed by atoms with Crippen molar-refractivity contribution in [3.8, 4) is 6.07 Å². The molecule has 0 heterocycles. The number of nitrogens with two attached hydrogens (primary N) is 1. The molecule has 76 valence electrons. The van der Waals surface area contributed by atoms with Gasteiger partial charge in [0.05, 0.1) is 5.69 Å². The number of benzene rings is 1. The minimum Gasteiger partial charge on any atom is -0.364 e. The SMILES string of the molecule is N#CC(=NNc1ccccc1F)C(N)=O. The van der Waals surface area contributed by atoms with Crippen LogP contribution in [0.1, 0.15) is 0 Å². The van der Waals surface area contributed by atoms with Crippen LogP contribution in [0.2, 0.25) is 0 Å². The topological polar surface area (TPSA) is 91.3 Å². The van der Waals surface area contributed by atoms with Gasteiger partial charge in [0.15, 0.2) is 0 Å². The summed E-state index contributed by atoms with van der Waals surface area (Å²) in [7, 11) is 0. The maximum absolute atomic E-state index is 13.0. The fourth-order valence-corrected chi connectivity index (χ4v) is 0.803. The molecule has 0 aromatic heterocycles. The van der Waals surface area contributed by atoms with Crippen LogP contribution in [0, 0.1) is 17.1 Å². The molecule has 0 radical (unpaired) electrons. The molecule has 0 unspecified atom stereocenters. The first kappa shape index (κ1) is 10.7. The third-order valence-electron chi connectivity index (χ3n) is 1.50. The minimum absolute atomic E-state index is 0.0616. The zero-order valence-corrected chi connectivity index (χ0v) is 7.57. The van der Waals surface area contributed by atoms with E-state index >= 15 is 0 Å². The van der Waals surface area contributed by atoms with Gasteiger partial charge >= 0.3 is 0 Å². The third kappa shape index (κ3) is 2.77. The predicted octanol–water partition coefficient (Wildman–Crippen LogP) is 0.602. The highest BCUT2D eigenvalue weighted by Gasteiger charge is 2.05. The van der Waals surface area contributed by atoms with Gasteiger partial charge in [0.1, 0.15) is 11.9 Å². The second-order valence-electron chi connectivity index (χ2n) is 2.53. The van der Waals surface area contributed by atoms with Gasteiger partial charge in [0.2, 0.25) is 5.71 Å². The monoisotopic (exact) mass is 206 g/mol. The minimum atomic E-state index is -0.971. The summed E-state index contributed by atoms with van der Waals surface area (Å²) < 4.78 is 13.0. The van der Waals surface area contributed by atoms with Crippen LogP contribution in [0.3, 0.4) is 0 Å². The van der Waals surface area contributed by atoms with Gasteiger partial charge in [-0.3, -0.25) is 10.2 Å². The number of hydrazone groups is 1. The van der Waals surface area contributed by atoms with Gasteiger partial charge in [-0.25, -0.2) is 4.39 Å². The van der Waals surface area contributed by atoms with Gasteiger partial charge in [-0.2, -0.15) is 10.4 Å². The molecule has 1 aromatic carbocycles. The molecule has 1 amide bonds. The van der Waals surface area contributed by atoms with E-state index in [2.05, 4.69) is 10.5 Å². The lowest BCUT2D eigenvalue weighted by molar-refractivity contribution is -0.111. The van der Waals surface area contributed by atoms with Gasteiger partial charge in [-0.1, -0.05) is 12.1 Å². The van der Waals surface area contributed by atoms with Crippen molar-refractivity contribution in [1.82, 2.24) is 0 Å². The quantitative estimate of drug-likeness (QED) is 0.560. The molecule has 0 spiro atoms. The molecule has 6 heteroatoms. The molecule has 0 fully saturated rings. The lowest BCUT2D eigenvalue weighted by Crippen LogP contribution is -2.22. The summed E-state index contributed by atoms with van der Waals surface area (Å²) in [6.45, 7) is 0. The Balaban J connectivity index is 2.85. The number of halogens is 1. The van der Waals surface area contributed by atoms with Crippen LogP contribution < -0.4 is 11.2 Å². The van der Waals surface area contributed by atoms with Crippen LogP contribution in [0.5, 0.6) is 0 Å². The average Bonchev–Trinajstić information content (AvgIpc) is 2.21. The van der Waals surface area contributed by atoms with E-state index in [-0.39, 0.29) is 5.69 Å². The van der Waals surface area contributed by atoms with E-state index in [1.807, 2.05) is 0 Å². The second-order valence-corrected chi connectivity index (χ2v) is 2.53. The van der Waals surface area contributed by atoms with Crippen LogP contribution in [0.15, 0.2) is 29.4 Å². The number of hydrogen-bond donors (Lipinski definition) is 2. The average molecular weight is 206 g/mol. The van der Waals surface area contributed by atoms with Crippen molar-refractivity contribution in [2.45, 2.75) is 0 Å². The number of hydrogen-bond acceptors (Lipinski definition) is 4. The van der Waals surface area contributed by atoms with Crippen LogP contribution in [-0.4, -0.2) is 11.6 Å². The molecule has 15 heavy (non-hydrogen) atoms. The van der Waals surface area contributed by atoms with E-state index in [0.717, 1.165) is 0 Å². The Morgan fingerprint density at radius 1 is 1.53 bits per heavy atom. The highest BCUT2D eigenvalue weighted by molar-refractivity contribution is 6.44. The number of carbonyl (C=O) groups is 1. The lowest BCUT2D eigenvalue weighted by Gasteiger charge is -2.00. The molecule has 0 bridgehead atoms. The van der Waals surface area contributed by atoms with Gasteiger partial charge in [-0.05, 0) is 12.1 Å². The van der Waals surface area contributed by atoms with Crippen molar-refractivity contribution in [2.75, 3.05) is 5.43 Å². The number of nitrogens with zero attached hydrogens (tertiary/aromatic N) is 2. The van der Waals surface area contributed by atoms with Crippen LogP contribution in [-0.2, 0) is 4.79 Å². The maximum atomic E-state index is 13.0. The van der Waals surface area contributed by atoms with E-state index in [1.54, 1.807) is 6.07 Å². The number of nitrogens with one attached hydrogen (secondary N) is 1. The summed E-state index contributed by atoms with van der Waals surface area (Å²) in [4.78, 5) is 10.6. The molecule has 1 rings (SSSR count). The molecule has 0 atom stereocenters. The Morgan fingerprint density at radius 3 is 2.73 bits per heavy atom. The number of rotatable bonds is 3. The van der Waals surface area contributed by atoms with Crippen molar-refractivity contribution in [3.63, 3.8) is 0 Å². The summed E-state index contributed by atoms with van der Waals surface area (Å²) in [5.41, 5.74) is 6.60. The Bertz CT molecular complexity index is 450. The van der Waals surface area contributed by atoms with Crippen molar-refractivity contribution in [2.24, 2.45) is 10.8 Å². The Labute approximate surface area is 85.0 Å². The summed E-state index contributed by atoms with van der Waals surface area (Å²) in [5.74, 6) is -1.51. The largest absolute Gasteiger partial charge is 0.364 e. The van der Waals surface area contributed by atoms with Crippen molar-refractivity contribution < 1.29 is 9.18 Å². The molecular formula is C9H7FN4O. The van der Waals surface area contributed by atoms with E-state index < -0.39 is 17.4 Å². The highest BCUT2D eigenvalue weighted by atomic mass is 19.1. The summed E-state index contributed by atoms with van der Waals surface area (Å²) in [6, 6.07) is 7.19. The van der Waals surface area contributed by atoms with Gasteiger partial charge in [0.25, 0.3) is 5.91 Å². The second kappa shape index (κ2) is 4.72. The number of nitriles is 1. The fraction of sp³-hybridized carbons (Fsp3) is 0. The van der Waals surface area contributed by atoms with E-state index in [9.17, 15) is 9.18 Å². The van der Waals surface area contributed by atoms with Crippen molar-refractivity contribution in [3.05, 3.63) is 30.1 Å². The molecule has 1 aromatic rings. The Kier molecular flexibility index (Phi) is 3.35. The van der Waals surface area contributed by atoms with Crippen molar-refractivity contribution >= 4 is 17.3 Å². The zero-order valence-electron chi connectivity index (χ0n) is 7.57. The molecule has 0 aliphatic heterocycles. The molecule has 0 saturated carbocycles. The molecule has 0 aliphatic carbocycles. The summed E-state index contributed by atoms with van der Waals surface area (Å²) in [6.07, 6.45) is 0. The van der Waals surface area contributed by atoms with E-state index in [1.165, 1.54) is 24.3 Å². The van der Waals surface area contributed by atoms with Gasteiger partial charge < -0.3 is 5.73 Å². The molecule has 0 aliphatic rings. The van der Waals surface area contributed by atoms with Crippen LogP contribution in [0.25, 0.3) is 0 Å². The normalized spacial score (nSPS) is 10.5. The number of primary amides is 1. The zero-order chi connectivity index (χ0) is 11.3. The Morgan fingerprint density at radius 2 is 2.20 bits per heavy atom. The summed E-state index contributed by atoms with van der Waals surface area (Å²) in [5, 5.41) is 11.8. The number of para-hydroxylation sites is 1. The Hall–Kier alpha value is -2.42. The van der Waals surface area contributed by atoms with E-state index in [4.69, 9.17) is 11.0 Å². The smallest absolute Gasteiger partial charge is 0.280 e. The first-order chi connectivity index (χ1) is 7.15. The molecule has 3 N–H and O–H groups in total. The molecule has 0 saturated heterocycles. The maximum Gasteiger partial charge on any atom is 0.280 e. The summed E-state index contributed by atoms with van der Waals surface area (Å²) >= 11 is 0. The number of anilines is 1. The predicted molar refractivity (Wildman–Crippen MR) is 52.3 cm³/mol. The van der Waals surface area contributed by atoms with Crippen LogP contribution >= 0.6 is 0 Å². The third-order valence-corrected chi connectivity index (χ3v) is 1.50. The standard InChI is InChI=1S/C9H7FN4O/c10-6-3-1-2-4-7(6)13-14-8(5-11)9(12)15/h1-4,13H,(H2,12,15). The molecular weight excluding hydrogens is 199 g/mol. The van der Waals surface area contributed by atoms with Gasteiger partial charge in [-0.15, -0.1) is 0 Å². The lowest BCUT2D eigenvalue weighted by atomic mass is 10.3. The molecule has 5 nitrogen and oxygen atoms in total. The first-order valence-corrected chi connectivity index (χ1v) is 3.93. The fourth-order valence-electron chi connectivity index (χ4n) is 0.803. The van der Waals surface area contributed by atoms with Gasteiger partial charge in [0, 0.05) is 0 Å². The number of amides is 1. The highest BCUT2D eigenvalue weighted by Crippen LogP contribution is 2.11. The van der Waals surface area contributed by atoms with E-state index in [0.29, 0.717) is 0 Å².